The quantitative estimate of drug-likeness (QED) is 0.354. The van der Waals surface area contributed by atoms with Crippen molar-refractivity contribution in [3.8, 4) is 17.1 Å². The number of nitrogens with one attached hydrogen (secondary N) is 3. The van der Waals surface area contributed by atoms with Crippen LogP contribution in [0.25, 0.3) is 11.4 Å². The van der Waals surface area contributed by atoms with Gasteiger partial charge in [-0.15, -0.1) is 0 Å². The van der Waals surface area contributed by atoms with Gasteiger partial charge in [-0.25, -0.2) is 19.3 Å². The molecule has 0 spiro atoms. The van der Waals surface area contributed by atoms with E-state index < -0.39 is 17.6 Å². The lowest BCUT2D eigenvalue weighted by atomic mass is 10.0. The number of carbonyl (C=O) groups is 2. The van der Waals surface area contributed by atoms with E-state index in [-0.39, 0.29) is 29.7 Å². The summed E-state index contributed by atoms with van der Waals surface area (Å²) in [6.07, 6.45) is 2.73. The van der Waals surface area contributed by atoms with Gasteiger partial charge in [0.05, 0.1) is 13.2 Å². The molecule has 1 aliphatic rings. The molecule has 0 radical (unpaired) electrons. The highest BCUT2D eigenvalue weighted by atomic mass is 19.1. The molecule has 0 unspecified atom stereocenters. The maximum Gasteiger partial charge on any atom is 0.270 e. The molecule has 3 N–H and O–H groups in total. The van der Waals surface area contributed by atoms with Crippen molar-refractivity contribution >= 4 is 11.8 Å². The minimum atomic E-state index is -0.487. The van der Waals surface area contributed by atoms with Gasteiger partial charge >= 0.3 is 0 Å². The Kier molecular flexibility index (Phi) is 6.59. The van der Waals surface area contributed by atoms with Crippen molar-refractivity contribution in [2.45, 2.75) is 32.4 Å². The number of carbonyl (C=O) groups excluding carboxylic acids is 2. The van der Waals surface area contributed by atoms with Gasteiger partial charge < -0.3 is 15.4 Å². The van der Waals surface area contributed by atoms with Crippen molar-refractivity contribution in [1.29, 1.82) is 0 Å². The van der Waals surface area contributed by atoms with Crippen LogP contribution in [0.4, 0.5) is 4.39 Å². The van der Waals surface area contributed by atoms with Crippen LogP contribution in [0.1, 0.15) is 56.0 Å². The Morgan fingerprint density at radius 3 is 2.68 bits per heavy atom. The Balaban J connectivity index is 1.23. The summed E-state index contributed by atoms with van der Waals surface area (Å²) < 4.78 is 18.6. The van der Waals surface area contributed by atoms with Crippen molar-refractivity contribution in [3.63, 3.8) is 0 Å². The van der Waals surface area contributed by atoms with Crippen molar-refractivity contribution in [2.75, 3.05) is 7.11 Å². The molecular formula is C26H24FN7O3. The molecular weight excluding hydrogens is 477 g/mol. The van der Waals surface area contributed by atoms with Crippen LogP contribution < -0.4 is 15.4 Å². The van der Waals surface area contributed by atoms with E-state index >= 15 is 0 Å². The molecule has 5 rings (SSSR count). The molecule has 0 saturated heterocycles. The number of aromatic nitrogens is 5. The number of hydrogen-bond acceptors (Lipinski definition) is 7. The average Bonchev–Trinajstić information content (AvgIpc) is 3.53. The lowest BCUT2D eigenvalue weighted by Gasteiger charge is -2.14. The number of H-pyrrole nitrogens is 1. The lowest BCUT2D eigenvalue weighted by molar-refractivity contribution is 0.0931. The largest absolute Gasteiger partial charge is 0.494 e. The third kappa shape index (κ3) is 5.15. The first-order valence-electron chi connectivity index (χ1n) is 11.7. The topological polar surface area (TPSA) is 135 Å². The summed E-state index contributed by atoms with van der Waals surface area (Å²) >= 11 is 0. The summed E-state index contributed by atoms with van der Waals surface area (Å²) in [5, 5.41) is 12.8. The van der Waals surface area contributed by atoms with Gasteiger partial charge in [-0.3, -0.25) is 14.7 Å². The molecule has 0 fully saturated rings. The van der Waals surface area contributed by atoms with E-state index in [9.17, 15) is 14.0 Å². The smallest absolute Gasteiger partial charge is 0.270 e. The molecule has 37 heavy (non-hydrogen) atoms. The average molecular weight is 502 g/mol. The molecule has 2 heterocycles. The molecule has 2 amide bonds. The third-order valence-corrected chi connectivity index (χ3v) is 6.18. The number of aromatic amines is 1. The first-order chi connectivity index (χ1) is 17.9. The van der Waals surface area contributed by atoms with Crippen LogP contribution in [0.5, 0.6) is 5.75 Å². The Labute approximate surface area is 211 Å². The number of amides is 2. The third-order valence-electron chi connectivity index (χ3n) is 6.18. The van der Waals surface area contributed by atoms with Crippen LogP contribution in [-0.4, -0.2) is 44.1 Å². The molecule has 11 heteroatoms. The van der Waals surface area contributed by atoms with Crippen LogP contribution in [0.2, 0.25) is 0 Å². The molecule has 1 aliphatic carbocycles. The molecule has 0 saturated carbocycles. The van der Waals surface area contributed by atoms with E-state index in [1.807, 2.05) is 25.1 Å². The summed E-state index contributed by atoms with van der Waals surface area (Å²) in [7, 11) is 1.37. The van der Waals surface area contributed by atoms with Crippen LogP contribution >= 0.6 is 0 Å². The van der Waals surface area contributed by atoms with Crippen LogP contribution in [-0.2, 0) is 13.0 Å². The molecule has 1 atom stereocenters. The molecule has 4 aromatic rings. The second kappa shape index (κ2) is 10.1. The number of rotatable bonds is 7. The van der Waals surface area contributed by atoms with Gasteiger partial charge in [0.15, 0.2) is 17.4 Å². The van der Waals surface area contributed by atoms with E-state index in [2.05, 4.69) is 35.8 Å². The molecule has 10 nitrogen and oxygen atoms in total. The normalized spacial score (nSPS) is 14.2. The van der Waals surface area contributed by atoms with E-state index in [4.69, 9.17) is 4.74 Å². The zero-order valence-corrected chi connectivity index (χ0v) is 20.2. The van der Waals surface area contributed by atoms with Gasteiger partial charge in [-0.05, 0) is 54.7 Å². The fourth-order valence-corrected chi connectivity index (χ4v) is 4.30. The number of methoxy groups -OCH3 is 1. The van der Waals surface area contributed by atoms with Gasteiger partial charge in [0.1, 0.15) is 23.5 Å². The van der Waals surface area contributed by atoms with E-state index in [0.29, 0.717) is 11.4 Å². The summed E-state index contributed by atoms with van der Waals surface area (Å²) in [5.74, 6) is 0.101. The first kappa shape index (κ1) is 24.0. The number of halogens is 1. The number of benzene rings is 2. The zero-order chi connectivity index (χ0) is 25.9. The molecule has 0 aliphatic heterocycles. The minimum absolute atomic E-state index is 0.0486. The lowest BCUT2D eigenvalue weighted by Crippen LogP contribution is -2.29. The van der Waals surface area contributed by atoms with Gasteiger partial charge in [0, 0.05) is 18.2 Å². The second-order valence-electron chi connectivity index (χ2n) is 8.66. The monoisotopic (exact) mass is 501 g/mol. The summed E-state index contributed by atoms with van der Waals surface area (Å²) in [6.45, 7) is 1.98. The maximum absolute atomic E-state index is 13.6. The maximum atomic E-state index is 13.6. The highest BCUT2D eigenvalue weighted by Gasteiger charge is 2.26. The highest BCUT2D eigenvalue weighted by Crippen LogP contribution is 2.33. The van der Waals surface area contributed by atoms with E-state index in [1.54, 1.807) is 6.07 Å². The fraction of sp³-hybridized carbons (Fsp3) is 0.231. The summed E-state index contributed by atoms with van der Waals surface area (Å²) in [4.78, 5) is 38.0. The van der Waals surface area contributed by atoms with Crippen molar-refractivity contribution in [3.05, 3.63) is 88.5 Å². The standard InChI is InChI=1S/C26H24FN7O3/c1-14-31-24(34-33-14)17-4-6-18-16(10-17)5-8-20(18)32-26(36)22-11-21(29-13-30-22)25(35)28-12-15-3-7-19(27)23(9-15)37-2/h3-4,6-7,9-11,13,20H,5,8,12H2,1-2H3,(H,28,35)(H,32,36)(H,31,33,34)/t20-/m1/s1. The van der Waals surface area contributed by atoms with Gasteiger partial charge in [0.2, 0.25) is 0 Å². The van der Waals surface area contributed by atoms with E-state index in [0.717, 1.165) is 35.4 Å². The van der Waals surface area contributed by atoms with Crippen molar-refractivity contribution < 1.29 is 18.7 Å². The van der Waals surface area contributed by atoms with Crippen molar-refractivity contribution in [1.82, 2.24) is 35.8 Å². The predicted octanol–water partition coefficient (Wildman–Crippen LogP) is 3.07. The highest BCUT2D eigenvalue weighted by molar-refractivity contribution is 5.97. The first-order valence-corrected chi connectivity index (χ1v) is 11.7. The van der Waals surface area contributed by atoms with Crippen LogP contribution in [0, 0.1) is 12.7 Å². The van der Waals surface area contributed by atoms with Crippen molar-refractivity contribution in [2.24, 2.45) is 0 Å². The molecule has 188 valence electrons. The number of fused-ring (bicyclic) bond motifs is 1. The second-order valence-corrected chi connectivity index (χ2v) is 8.66. The molecule has 0 bridgehead atoms. The van der Waals surface area contributed by atoms with Crippen LogP contribution in [0.15, 0.2) is 48.8 Å². The minimum Gasteiger partial charge on any atom is -0.494 e. The zero-order valence-electron chi connectivity index (χ0n) is 20.2. The van der Waals surface area contributed by atoms with Crippen LogP contribution in [0.3, 0.4) is 0 Å². The Morgan fingerprint density at radius 2 is 1.92 bits per heavy atom. The number of ether oxygens (including phenoxy) is 1. The van der Waals surface area contributed by atoms with E-state index in [1.165, 1.54) is 31.6 Å². The Hall–Kier alpha value is -4.67. The number of hydrogen-bond donors (Lipinski definition) is 3. The van der Waals surface area contributed by atoms with Gasteiger partial charge in [-0.2, -0.15) is 5.10 Å². The van der Waals surface area contributed by atoms with Gasteiger partial charge in [-0.1, -0.05) is 18.2 Å². The SMILES string of the molecule is COc1cc(CNC(=O)c2cc(C(=O)N[C@@H]3CCc4cc(-c5n[nH]c(C)n5)ccc43)ncn2)ccc1F. The molecule has 2 aromatic heterocycles. The molecule has 2 aromatic carbocycles. The van der Waals surface area contributed by atoms with Gasteiger partial charge in [0.25, 0.3) is 11.8 Å². The number of nitrogens with zero attached hydrogens (tertiary/aromatic N) is 4. The predicted molar refractivity (Wildman–Crippen MR) is 131 cm³/mol. The number of aryl methyl sites for hydroxylation is 2. The Bertz CT molecular complexity index is 1490. The Morgan fingerprint density at radius 1 is 1.11 bits per heavy atom. The summed E-state index contributed by atoms with van der Waals surface area (Å²) in [5.41, 5.74) is 3.87. The fourth-order valence-electron chi connectivity index (χ4n) is 4.30. The summed E-state index contributed by atoms with van der Waals surface area (Å²) in [6, 6.07) is 11.5.